The SMILES string of the molecule is CNC(Cc1ccc(F)cc1C)Cc1ccccc1OC. The van der Waals surface area contributed by atoms with Crippen LogP contribution in [-0.2, 0) is 12.8 Å². The number of nitrogens with one attached hydrogen (secondary N) is 1. The molecule has 0 spiro atoms. The van der Waals surface area contributed by atoms with Gasteiger partial charge in [-0.3, -0.25) is 0 Å². The summed E-state index contributed by atoms with van der Waals surface area (Å²) in [5.74, 6) is 0.732. The molecule has 21 heavy (non-hydrogen) atoms. The van der Waals surface area contributed by atoms with Gasteiger partial charge in [-0.1, -0.05) is 24.3 Å². The van der Waals surface area contributed by atoms with Crippen LogP contribution in [0.2, 0.25) is 0 Å². The number of ether oxygens (including phenoxy) is 1. The fourth-order valence-corrected chi connectivity index (χ4v) is 2.57. The highest BCUT2D eigenvalue weighted by Gasteiger charge is 2.13. The number of aryl methyl sites for hydroxylation is 1. The first kappa shape index (κ1) is 15.5. The third-order valence-electron chi connectivity index (χ3n) is 3.84. The van der Waals surface area contributed by atoms with Crippen LogP contribution in [0.1, 0.15) is 16.7 Å². The molecular formula is C18H22FNO. The highest BCUT2D eigenvalue weighted by Crippen LogP contribution is 2.21. The van der Waals surface area contributed by atoms with Gasteiger partial charge in [0.2, 0.25) is 0 Å². The van der Waals surface area contributed by atoms with E-state index in [2.05, 4.69) is 11.4 Å². The zero-order valence-corrected chi connectivity index (χ0v) is 12.8. The highest BCUT2D eigenvalue weighted by atomic mass is 19.1. The zero-order chi connectivity index (χ0) is 15.2. The van der Waals surface area contributed by atoms with Crippen LogP contribution in [0.5, 0.6) is 5.75 Å². The average molecular weight is 287 g/mol. The van der Waals surface area contributed by atoms with Crippen molar-refractivity contribution in [2.75, 3.05) is 14.2 Å². The van der Waals surface area contributed by atoms with E-state index in [1.54, 1.807) is 13.2 Å². The lowest BCUT2D eigenvalue weighted by molar-refractivity contribution is 0.406. The molecule has 0 aromatic heterocycles. The molecule has 1 unspecified atom stereocenters. The zero-order valence-electron chi connectivity index (χ0n) is 12.8. The number of halogens is 1. The largest absolute Gasteiger partial charge is 0.496 e. The molecule has 0 radical (unpaired) electrons. The summed E-state index contributed by atoms with van der Waals surface area (Å²) in [6, 6.07) is 13.3. The van der Waals surface area contributed by atoms with Crippen molar-refractivity contribution in [1.29, 1.82) is 0 Å². The van der Waals surface area contributed by atoms with Crippen LogP contribution in [0.25, 0.3) is 0 Å². The third-order valence-corrected chi connectivity index (χ3v) is 3.84. The molecular weight excluding hydrogens is 265 g/mol. The molecule has 0 saturated carbocycles. The van der Waals surface area contributed by atoms with E-state index in [4.69, 9.17) is 4.74 Å². The molecule has 0 heterocycles. The smallest absolute Gasteiger partial charge is 0.123 e. The molecule has 0 aliphatic heterocycles. The Morgan fingerprint density at radius 1 is 1.10 bits per heavy atom. The standard InChI is InChI=1S/C18H22FNO/c1-13-10-16(19)9-8-14(13)11-17(20-2)12-15-6-4-5-7-18(15)21-3/h4-10,17,20H,11-12H2,1-3H3. The molecule has 2 rings (SSSR count). The van der Waals surface area contributed by atoms with Gasteiger partial charge >= 0.3 is 0 Å². The number of benzene rings is 2. The van der Waals surface area contributed by atoms with Crippen LogP contribution in [0.4, 0.5) is 4.39 Å². The van der Waals surface area contributed by atoms with Gasteiger partial charge in [-0.05, 0) is 61.7 Å². The first-order valence-corrected chi connectivity index (χ1v) is 7.18. The molecule has 0 bridgehead atoms. The van der Waals surface area contributed by atoms with E-state index in [1.165, 1.54) is 17.2 Å². The summed E-state index contributed by atoms with van der Waals surface area (Å²) < 4.78 is 18.6. The van der Waals surface area contributed by atoms with Gasteiger partial charge in [-0.15, -0.1) is 0 Å². The molecule has 1 atom stereocenters. The van der Waals surface area contributed by atoms with E-state index in [-0.39, 0.29) is 11.9 Å². The number of hydrogen-bond acceptors (Lipinski definition) is 2. The molecule has 2 aromatic carbocycles. The molecule has 2 nitrogen and oxygen atoms in total. The van der Waals surface area contributed by atoms with Crippen LogP contribution in [0.15, 0.2) is 42.5 Å². The number of likely N-dealkylation sites (N-methyl/N-ethyl adjacent to an activating group) is 1. The maximum Gasteiger partial charge on any atom is 0.123 e. The Bertz CT molecular complexity index is 598. The molecule has 2 aromatic rings. The lowest BCUT2D eigenvalue weighted by atomic mass is 9.96. The van der Waals surface area contributed by atoms with Crippen LogP contribution in [0.3, 0.4) is 0 Å². The van der Waals surface area contributed by atoms with E-state index in [9.17, 15) is 4.39 Å². The van der Waals surface area contributed by atoms with E-state index < -0.39 is 0 Å². The third kappa shape index (κ3) is 4.05. The summed E-state index contributed by atoms with van der Waals surface area (Å²) in [7, 11) is 3.65. The predicted octanol–water partition coefficient (Wildman–Crippen LogP) is 3.52. The normalized spacial score (nSPS) is 12.2. The van der Waals surface area contributed by atoms with Crippen LogP contribution in [0, 0.1) is 12.7 Å². The first-order chi connectivity index (χ1) is 10.1. The van der Waals surface area contributed by atoms with Crippen molar-refractivity contribution < 1.29 is 9.13 Å². The maximum absolute atomic E-state index is 13.2. The number of rotatable bonds is 6. The molecule has 0 fully saturated rings. The fourth-order valence-electron chi connectivity index (χ4n) is 2.57. The Morgan fingerprint density at radius 3 is 2.48 bits per heavy atom. The van der Waals surface area contributed by atoms with Gasteiger partial charge in [0.05, 0.1) is 7.11 Å². The van der Waals surface area contributed by atoms with Gasteiger partial charge in [-0.2, -0.15) is 0 Å². The summed E-state index contributed by atoms with van der Waals surface area (Å²) in [5, 5.41) is 3.34. The van der Waals surface area contributed by atoms with E-state index in [1.807, 2.05) is 38.2 Å². The lowest BCUT2D eigenvalue weighted by Crippen LogP contribution is -2.30. The molecule has 0 aliphatic carbocycles. The second-order valence-corrected chi connectivity index (χ2v) is 5.28. The van der Waals surface area contributed by atoms with Crippen LogP contribution >= 0.6 is 0 Å². The Kier molecular flexibility index (Phi) is 5.34. The Morgan fingerprint density at radius 2 is 1.81 bits per heavy atom. The minimum Gasteiger partial charge on any atom is -0.496 e. The predicted molar refractivity (Wildman–Crippen MR) is 84.4 cm³/mol. The Labute approximate surface area is 126 Å². The number of hydrogen-bond donors (Lipinski definition) is 1. The van der Waals surface area contributed by atoms with Gasteiger partial charge in [0, 0.05) is 6.04 Å². The molecule has 112 valence electrons. The van der Waals surface area contributed by atoms with Crippen molar-refractivity contribution in [3.8, 4) is 5.75 Å². The minimum absolute atomic E-state index is 0.179. The molecule has 0 aliphatic rings. The Balaban J connectivity index is 2.13. The van der Waals surface area contributed by atoms with Crippen molar-refractivity contribution in [2.45, 2.75) is 25.8 Å². The lowest BCUT2D eigenvalue weighted by Gasteiger charge is -2.19. The van der Waals surface area contributed by atoms with E-state index >= 15 is 0 Å². The highest BCUT2D eigenvalue weighted by molar-refractivity contribution is 5.34. The van der Waals surface area contributed by atoms with Gasteiger partial charge in [0.1, 0.15) is 11.6 Å². The van der Waals surface area contributed by atoms with Gasteiger partial charge in [-0.25, -0.2) is 4.39 Å². The molecule has 1 N–H and O–H groups in total. The minimum atomic E-state index is -0.179. The van der Waals surface area contributed by atoms with Crippen molar-refractivity contribution in [3.05, 3.63) is 65.0 Å². The topological polar surface area (TPSA) is 21.3 Å². The van der Waals surface area contributed by atoms with Crippen molar-refractivity contribution >= 4 is 0 Å². The van der Waals surface area contributed by atoms with Crippen LogP contribution < -0.4 is 10.1 Å². The summed E-state index contributed by atoms with van der Waals surface area (Å²) in [4.78, 5) is 0. The first-order valence-electron chi connectivity index (χ1n) is 7.18. The van der Waals surface area contributed by atoms with Crippen LogP contribution in [-0.4, -0.2) is 20.2 Å². The van der Waals surface area contributed by atoms with Crippen molar-refractivity contribution in [3.63, 3.8) is 0 Å². The average Bonchev–Trinajstić information content (AvgIpc) is 2.49. The summed E-state index contributed by atoms with van der Waals surface area (Å²) in [6.07, 6.45) is 1.73. The van der Waals surface area contributed by atoms with E-state index in [0.29, 0.717) is 0 Å². The summed E-state index contributed by atoms with van der Waals surface area (Å²) in [6.45, 7) is 1.95. The maximum atomic E-state index is 13.2. The number of methoxy groups -OCH3 is 1. The van der Waals surface area contributed by atoms with E-state index in [0.717, 1.165) is 24.2 Å². The van der Waals surface area contributed by atoms with Crippen molar-refractivity contribution in [2.24, 2.45) is 0 Å². The van der Waals surface area contributed by atoms with Gasteiger partial charge < -0.3 is 10.1 Å². The number of para-hydroxylation sites is 1. The molecule has 0 saturated heterocycles. The van der Waals surface area contributed by atoms with Crippen molar-refractivity contribution in [1.82, 2.24) is 5.32 Å². The van der Waals surface area contributed by atoms with Gasteiger partial charge in [0.15, 0.2) is 0 Å². The monoisotopic (exact) mass is 287 g/mol. The second-order valence-electron chi connectivity index (χ2n) is 5.28. The summed E-state index contributed by atoms with van der Waals surface area (Å²) in [5.41, 5.74) is 3.35. The second kappa shape index (κ2) is 7.23. The molecule has 0 amide bonds. The fraction of sp³-hybridized carbons (Fsp3) is 0.333. The van der Waals surface area contributed by atoms with Gasteiger partial charge in [0.25, 0.3) is 0 Å². The molecule has 3 heteroatoms. The summed E-state index contributed by atoms with van der Waals surface area (Å²) >= 11 is 0. The quantitative estimate of drug-likeness (QED) is 0.878. The Hall–Kier alpha value is -1.87.